The first-order chi connectivity index (χ1) is 47.6. The highest BCUT2D eigenvalue weighted by Gasteiger charge is 2.55. The Morgan fingerprint density at radius 1 is 0.219 bits per heavy atom. The van der Waals surface area contributed by atoms with Crippen molar-refractivity contribution in [1.82, 2.24) is 4.57 Å². The minimum atomic E-state index is -0.587. The molecule has 0 atom stereocenters. The van der Waals surface area contributed by atoms with Crippen molar-refractivity contribution in [3.8, 4) is 72.4 Å². The van der Waals surface area contributed by atoms with Gasteiger partial charge in [0.15, 0.2) is 0 Å². The minimum absolute atomic E-state index is 0.200. The first-order valence-electron chi connectivity index (χ1n) is 33.7. The summed E-state index contributed by atoms with van der Waals surface area (Å²) in [5, 5.41) is 2.45. The summed E-state index contributed by atoms with van der Waals surface area (Å²) in [6.45, 7) is -0.200. The largest absolute Gasteiger partial charge is 0.311 e. The van der Waals surface area contributed by atoms with Crippen molar-refractivity contribution in [2.75, 3.05) is 9.80 Å². The maximum atomic E-state index is 2.71. The van der Waals surface area contributed by atoms with Crippen LogP contribution in [0.5, 0.6) is 0 Å². The van der Waals surface area contributed by atoms with Gasteiger partial charge in [0, 0.05) is 44.9 Å². The van der Waals surface area contributed by atoms with E-state index in [1.165, 1.54) is 155 Å². The molecular weight excluding hydrogens is 1160 g/mol. The van der Waals surface area contributed by atoms with Crippen LogP contribution in [0.2, 0.25) is 0 Å². The summed E-state index contributed by atoms with van der Waals surface area (Å²) in [5.41, 5.74) is 38.7. The van der Waals surface area contributed by atoms with Gasteiger partial charge in [-0.15, -0.1) is 0 Å². The van der Waals surface area contributed by atoms with Gasteiger partial charge in [-0.25, -0.2) is 0 Å². The molecule has 2 aliphatic heterocycles. The van der Waals surface area contributed by atoms with Crippen LogP contribution in [-0.4, -0.2) is 11.3 Å². The molecule has 442 valence electrons. The molecule has 1 aromatic heterocycles. The van der Waals surface area contributed by atoms with Crippen LogP contribution in [0.15, 0.2) is 340 Å². The van der Waals surface area contributed by atoms with E-state index in [1.807, 2.05) is 0 Å². The SMILES string of the molecule is c1ccc(-c2ccc(N3c4ccc(-c5ccccc5)cc4B4c5cc6c(cc5N(c5ccc7c(c5)-c5ccccc5C75c7ccccc7-c7ccccc75)c5cc(-n7c8ccccc8c8ccccc87)cc3c54)C3(c4ccccc4-c4ccccc43)c3ccccc3-6)cc2)cc1. The molecular formula is C92H56BN3. The third-order valence-electron chi connectivity index (χ3n) is 22.6. The van der Waals surface area contributed by atoms with E-state index >= 15 is 0 Å². The summed E-state index contributed by atoms with van der Waals surface area (Å²) in [6, 6.07) is 130. The van der Waals surface area contributed by atoms with E-state index in [2.05, 4.69) is 354 Å². The summed E-state index contributed by atoms with van der Waals surface area (Å²) in [7, 11) is 0. The number of para-hydroxylation sites is 2. The van der Waals surface area contributed by atoms with Crippen LogP contribution in [0.1, 0.15) is 44.5 Å². The summed E-state index contributed by atoms with van der Waals surface area (Å²) in [5.74, 6) is 0. The average Bonchev–Trinajstić information content (AvgIpc) is 1.52. The lowest BCUT2D eigenvalue weighted by Gasteiger charge is -2.45. The van der Waals surface area contributed by atoms with Crippen LogP contribution in [0.3, 0.4) is 0 Å². The molecule has 0 amide bonds. The molecule has 22 rings (SSSR count). The minimum Gasteiger partial charge on any atom is -0.311 e. The molecule has 0 saturated heterocycles. The number of nitrogens with zero attached hydrogens (tertiary/aromatic N) is 3. The molecule has 6 aliphatic rings. The lowest BCUT2D eigenvalue weighted by atomic mass is 9.33. The molecule has 96 heavy (non-hydrogen) atoms. The fraction of sp³-hybridized carbons (Fsp3) is 0.0217. The Balaban J connectivity index is 0.891. The van der Waals surface area contributed by atoms with Crippen molar-refractivity contribution in [3.63, 3.8) is 0 Å². The number of aromatic nitrogens is 1. The quantitative estimate of drug-likeness (QED) is 0.159. The zero-order chi connectivity index (χ0) is 62.5. The number of rotatable bonds is 5. The predicted octanol–water partition coefficient (Wildman–Crippen LogP) is 20.9. The van der Waals surface area contributed by atoms with Crippen molar-refractivity contribution in [2.45, 2.75) is 10.8 Å². The molecule has 0 radical (unpaired) electrons. The van der Waals surface area contributed by atoms with Crippen LogP contribution in [0.4, 0.5) is 34.1 Å². The summed E-state index contributed by atoms with van der Waals surface area (Å²) in [6.07, 6.45) is 0. The van der Waals surface area contributed by atoms with Gasteiger partial charge >= 0.3 is 0 Å². The van der Waals surface area contributed by atoms with E-state index in [0.717, 1.165) is 34.1 Å². The second-order valence-corrected chi connectivity index (χ2v) is 26.9. The summed E-state index contributed by atoms with van der Waals surface area (Å²) >= 11 is 0. The second-order valence-electron chi connectivity index (χ2n) is 26.9. The molecule has 3 nitrogen and oxygen atoms in total. The van der Waals surface area contributed by atoms with Gasteiger partial charge in [-0.05, 0) is 188 Å². The normalized spacial score (nSPS) is 14.4. The third kappa shape index (κ3) is 6.62. The number of benzene rings is 15. The smallest absolute Gasteiger partial charge is 0.252 e. The Morgan fingerprint density at radius 3 is 1.11 bits per heavy atom. The van der Waals surface area contributed by atoms with Crippen molar-refractivity contribution in [3.05, 3.63) is 384 Å². The van der Waals surface area contributed by atoms with E-state index in [4.69, 9.17) is 0 Å². The van der Waals surface area contributed by atoms with E-state index in [1.54, 1.807) is 0 Å². The van der Waals surface area contributed by atoms with Crippen LogP contribution >= 0.6 is 0 Å². The van der Waals surface area contributed by atoms with Gasteiger partial charge < -0.3 is 14.4 Å². The lowest BCUT2D eigenvalue weighted by molar-refractivity contribution is 0.793. The molecule has 0 unspecified atom stereocenters. The monoisotopic (exact) mass is 1210 g/mol. The van der Waals surface area contributed by atoms with Gasteiger partial charge in [-0.1, -0.05) is 279 Å². The highest BCUT2D eigenvalue weighted by Crippen LogP contribution is 2.66. The second kappa shape index (κ2) is 19.2. The van der Waals surface area contributed by atoms with Gasteiger partial charge in [0.2, 0.25) is 0 Å². The zero-order valence-electron chi connectivity index (χ0n) is 52.3. The van der Waals surface area contributed by atoms with E-state index in [0.29, 0.717) is 0 Å². The predicted molar refractivity (Wildman–Crippen MR) is 398 cm³/mol. The molecule has 3 heterocycles. The molecule has 15 aromatic carbocycles. The number of anilines is 6. The summed E-state index contributed by atoms with van der Waals surface area (Å²) < 4.78 is 2.53. The average molecular weight is 1210 g/mol. The first-order valence-corrected chi connectivity index (χ1v) is 33.7. The Bertz CT molecular complexity index is 5910. The molecule has 0 bridgehead atoms. The van der Waals surface area contributed by atoms with Gasteiger partial charge in [0.1, 0.15) is 0 Å². The van der Waals surface area contributed by atoms with E-state index in [-0.39, 0.29) is 6.71 Å². The summed E-state index contributed by atoms with van der Waals surface area (Å²) in [4.78, 5) is 5.30. The number of hydrogen-bond acceptors (Lipinski definition) is 2. The molecule has 2 spiro atoms. The van der Waals surface area contributed by atoms with Crippen LogP contribution in [0.25, 0.3) is 94.3 Å². The van der Waals surface area contributed by atoms with Crippen molar-refractivity contribution in [2.24, 2.45) is 0 Å². The maximum Gasteiger partial charge on any atom is 0.252 e. The van der Waals surface area contributed by atoms with Crippen LogP contribution in [0, 0.1) is 0 Å². The number of hydrogen-bond donors (Lipinski definition) is 0. The number of fused-ring (bicyclic) bond motifs is 27. The Morgan fingerprint density at radius 2 is 0.594 bits per heavy atom. The standard InChI is InChI=1S/C92H56BN3/c1-3-23-57(24-4-1)59-43-46-61(47-44-59)94-86-50-45-60(58-25-5-2-6-26-58)51-82(86)93-83-55-73-69-32-12-20-40-79(69)92(76-37-17-9-29-66(76)67-30-10-18-38-77(67)92)81(73)56-87(83)95(89-54-63(53-88(94)90(89)93)96-84-41-21-13-33-70(84)71-34-14-22-42-85(71)96)62-48-49-80-72(52-62)68-31-11-19-39-78(68)91(80)74-35-15-7-27-64(74)65-28-8-16-36-75(65)91/h1-56H. The third-order valence-corrected chi connectivity index (χ3v) is 22.6. The molecule has 0 N–H and O–H groups in total. The topological polar surface area (TPSA) is 11.4 Å². The van der Waals surface area contributed by atoms with Crippen molar-refractivity contribution >= 4 is 79.0 Å². The van der Waals surface area contributed by atoms with E-state index < -0.39 is 10.8 Å². The highest BCUT2D eigenvalue weighted by molar-refractivity contribution is 7.00. The molecule has 16 aromatic rings. The fourth-order valence-electron chi connectivity index (χ4n) is 18.9. The van der Waals surface area contributed by atoms with Crippen LogP contribution < -0.4 is 26.2 Å². The molecule has 4 heteroatoms. The van der Waals surface area contributed by atoms with E-state index in [9.17, 15) is 0 Å². The van der Waals surface area contributed by atoms with Gasteiger partial charge in [-0.3, -0.25) is 0 Å². The van der Waals surface area contributed by atoms with Gasteiger partial charge in [-0.2, -0.15) is 0 Å². The lowest BCUT2D eigenvalue weighted by Crippen LogP contribution is -2.61. The molecule has 0 fully saturated rings. The molecule has 4 aliphatic carbocycles. The highest BCUT2D eigenvalue weighted by atomic mass is 15.2. The molecule has 0 saturated carbocycles. The van der Waals surface area contributed by atoms with Crippen molar-refractivity contribution < 1.29 is 0 Å². The van der Waals surface area contributed by atoms with Crippen LogP contribution in [-0.2, 0) is 10.8 Å². The Labute approximate surface area is 557 Å². The van der Waals surface area contributed by atoms with Gasteiger partial charge in [0.05, 0.1) is 27.6 Å². The Kier molecular flexibility index (Phi) is 10.5. The fourth-order valence-corrected chi connectivity index (χ4v) is 18.9. The first kappa shape index (κ1) is 52.3. The van der Waals surface area contributed by atoms with Crippen molar-refractivity contribution in [1.29, 1.82) is 0 Å². The van der Waals surface area contributed by atoms with Gasteiger partial charge in [0.25, 0.3) is 6.71 Å². The Hall–Kier alpha value is -12.2. The zero-order valence-corrected chi connectivity index (χ0v) is 52.3. The maximum absolute atomic E-state index is 2.71.